The third-order valence-corrected chi connectivity index (χ3v) is 7.30. The predicted molar refractivity (Wildman–Crippen MR) is 98.2 cm³/mol. The molecule has 0 aromatic carbocycles. The van der Waals surface area contributed by atoms with E-state index < -0.39 is 0 Å². The Labute approximate surface area is 152 Å². The second-order valence-corrected chi connectivity index (χ2v) is 9.03. The van der Waals surface area contributed by atoms with Crippen molar-refractivity contribution in [3.05, 3.63) is 0 Å². The number of ketones is 1. The zero-order chi connectivity index (χ0) is 17.2. The molecule has 4 rings (SSSR count). The van der Waals surface area contributed by atoms with E-state index in [0.717, 1.165) is 64.2 Å². The molecule has 1 aliphatic heterocycles. The first kappa shape index (κ1) is 17.5. The Kier molecular flexibility index (Phi) is 5.44. The van der Waals surface area contributed by atoms with Crippen molar-refractivity contribution in [1.82, 2.24) is 9.80 Å². The first-order chi connectivity index (χ1) is 12.2. The Morgan fingerprint density at radius 3 is 2.28 bits per heavy atom. The predicted octanol–water partition coefficient (Wildman–Crippen LogP) is 3.11. The zero-order valence-electron chi connectivity index (χ0n) is 15.6. The van der Waals surface area contributed by atoms with Crippen LogP contribution in [0.15, 0.2) is 0 Å². The van der Waals surface area contributed by atoms with Crippen LogP contribution in [0.25, 0.3) is 0 Å². The van der Waals surface area contributed by atoms with E-state index in [1.807, 2.05) is 0 Å². The van der Waals surface area contributed by atoms with Gasteiger partial charge in [0, 0.05) is 43.9 Å². The van der Waals surface area contributed by atoms with E-state index in [-0.39, 0.29) is 17.8 Å². The maximum absolute atomic E-state index is 13.0. The summed E-state index contributed by atoms with van der Waals surface area (Å²) in [4.78, 5) is 29.8. The van der Waals surface area contributed by atoms with E-state index in [1.165, 1.54) is 38.6 Å². The molecule has 2 bridgehead atoms. The molecule has 4 nitrogen and oxygen atoms in total. The molecule has 4 heteroatoms. The summed E-state index contributed by atoms with van der Waals surface area (Å²) in [6, 6.07) is 0. The fraction of sp³-hybridized carbons (Fsp3) is 0.905. The summed E-state index contributed by atoms with van der Waals surface area (Å²) in [5.41, 5.74) is 0. The first-order valence-corrected chi connectivity index (χ1v) is 10.8. The van der Waals surface area contributed by atoms with E-state index in [2.05, 4.69) is 9.80 Å². The van der Waals surface area contributed by atoms with Crippen molar-refractivity contribution in [3.63, 3.8) is 0 Å². The van der Waals surface area contributed by atoms with E-state index in [4.69, 9.17) is 0 Å². The number of hydrogen-bond donors (Lipinski definition) is 0. The highest BCUT2D eigenvalue weighted by Crippen LogP contribution is 2.42. The van der Waals surface area contributed by atoms with Gasteiger partial charge in [0.05, 0.1) is 0 Å². The van der Waals surface area contributed by atoms with E-state index in [1.54, 1.807) is 0 Å². The molecule has 0 radical (unpaired) electrons. The fourth-order valence-corrected chi connectivity index (χ4v) is 5.84. The Balaban J connectivity index is 1.28. The van der Waals surface area contributed by atoms with Gasteiger partial charge in [0.15, 0.2) is 0 Å². The lowest BCUT2D eigenvalue weighted by molar-refractivity contribution is -0.139. The van der Waals surface area contributed by atoms with Crippen LogP contribution in [0.2, 0.25) is 0 Å². The van der Waals surface area contributed by atoms with Crippen LogP contribution in [0.5, 0.6) is 0 Å². The minimum absolute atomic E-state index is 0.125. The lowest BCUT2D eigenvalue weighted by Crippen LogP contribution is -2.42. The number of hydrogen-bond acceptors (Lipinski definition) is 3. The largest absolute Gasteiger partial charge is 0.341 e. The zero-order valence-corrected chi connectivity index (χ0v) is 15.6. The number of Topliss-reactive ketones (excluding diaryl/α,β-unsaturated/α-hetero) is 1. The molecular formula is C21H34N2O2. The number of carbonyl (C=O) groups is 2. The Morgan fingerprint density at radius 2 is 1.56 bits per heavy atom. The molecule has 1 amide bonds. The van der Waals surface area contributed by atoms with Gasteiger partial charge in [-0.25, -0.2) is 0 Å². The molecule has 140 valence electrons. The van der Waals surface area contributed by atoms with Gasteiger partial charge in [-0.3, -0.25) is 9.59 Å². The average molecular weight is 347 g/mol. The normalized spacial score (nSPS) is 35.0. The summed E-state index contributed by atoms with van der Waals surface area (Å²) in [6.07, 6.45) is 11.9. The maximum Gasteiger partial charge on any atom is 0.225 e. The smallest absolute Gasteiger partial charge is 0.225 e. The molecule has 0 aromatic heterocycles. The summed E-state index contributed by atoms with van der Waals surface area (Å²) in [5.74, 6) is 2.21. The van der Waals surface area contributed by atoms with Crippen molar-refractivity contribution in [2.24, 2.45) is 23.7 Å². The second-order valence-electron chi connectivity index (χ2n) is 9.03. The van der Waals surface area contributed by atoms with Gasteiger partial charge in [0.1, 0.15) is 5.78 Å². The Hall–Kier alpha value is -0.900. The SMILES string of the molecule is O=C1C2CCC1CC(C(=O)N1CCCN(CC3CCCCC3)CC1)C2. The van der Waals surface area contributed by atoms with Gasteiger partial charge in [-0.15, -0.1) is 0 Å². The average Bonchev–Trinajstić information content (AvgIpc) is 2.85. The van der Waals surface area contributed by atoms with E-state index in [0.29, 0.717) is 11.7 Å². The van der Waals surface area contributed by atoms with Crippen molar-refractivity contribution >= 4 is 11.7 Å². The topological polar surface area (TPSA) is 40.6 Å². The third kappa shape index (κ3) is 3.94. The standard InChI is InChI=1S/C21H34N2O2/c24-20-17-7-8-18(20)14-19(13-17)21(25)23-10-4-9-22(11-12-23)15-16-5-2-1-3-6-16/h16-19H,1-15H2. The van der Waals surface area contributed by atoms with Gasteiger partial charge in [0.25, 0.3) is 0 Å². The molecule has 4 aliphatic rings. The molecule has 2 atom stereocenters. The lowest BCUT2D eigenvalue weighted by Gasteiger charge is -2.31. The molecule has 0 N–H and O–H groups in total. The van der Waals surface area contributed by atoms with Crippen LogP contribution < -0.4 is 0 Å². The van der Waals surface area contributed by atoms with Crippen LogP contribution in [0.1, 0.15) is 64.2 Å². The lowest BCUT2D eigenvalue weighted by atomic mass is 9.79. The molecule has 3 aliphatic carbocycles. The molecule has 2 unspecified atom stereocenters. The number of fused-ring (bicyclic) bond motifs is 2. The number of rotatable bonds is 3. The molecule has 3 saturated carbocycles. The third-order valence-electron chi connectivity index (χ3n) is 7.30. The molecular weight excluding hydrogens is 312 g/mol. The number of amides is 1. The van der Waals surface area contributed by atoms with Gasteiger partial charge in [-0.1, -0.05) is 19.3 Å². The molecule has 25 heavy (non-hydrogen) atoms. The highest BCUT2D eigenvalue weighted by molar-refractivity contribution is 5.89. The summed E-state index contributed by atoms with van der Waals surface area (Å²) >= 11 is 0. The van der Waals surface area contributed by atoms with Gasteiger partial charge in [0.2, 0.25) is 5.91 Å². The van der Waals surface area contributed by atoms with Crippen LogP contribution in [0, 0.1) is 23.7 Å². The van der Waals surface area contributed by atoms with Crippen molar-refractivity contribution in [2.45, 2.75) is 64.2 Å². The highest BCUT2D eigenvalue weighted by atomic mass is 16.2. The van der Waals surface area contributed by atoms with Crippen molar-refractivity contribution in [3.8, 4) is 0 Å². The molecule has 1 heterocycles. The minimum atomic E-state index is 0.125. The number of nitrogens with zero attached hydrogens (tertiary/aromatic N) is 2. The minimum Gasteiger partial charge on any atom is -0.341 e. The van der Waals surface area contributed by atoms with Crippen LogP contribution in [-0.2, 0) is 9.59 Å². The van der Waals surface area contributed by atoms with E-state index >= 15 is 0 Å². The Morgan fingerprint density at radius 1 is 0.840 bits per heavy atom. The van der Waals surface area contributed by atoms with Crippen molar-refractivity contribution in [1.29, 1.82) is 0 Å². The van der Waals surface area contributed by atoms with Crippen molar-refractivity contribution in [2.75, 3.05) is 32.7 Å². The monoisotopic (exact) mass is 346 g/mol. The van der Waals surface area contributed by atoms with Crippen LogP contribution in [-0.4, -0.2) is 54.2 Å². The van der Waals surface area contributed by atoms with Gasteiger partial charge < -0.3 is 9.80 Å². The van der Waals surface area contributed by atoms with Gasteiger partial charge in [-0.2, -0.15) is 0 Å². The fourth-order valence-electron chi connectivity index (χ4n) is 5.84. The van der Waals surface area contributed by atoms with Gasteiger partial charge >= 0.3 is 0 Å². The van der Waals surface area contributed by atoms with Crippen LogP contribution in [0.3, 0.4) is 0 Å². The summed E-state index contributed by atoms with van der Waals surface area (Å²) < 4.78 is 0. The maximum atomic E-state index is 13.0. The summed E-state index contributed by atoms with van der Waals surface area (Å²) in [5, 5.41) is 0. The molecule has 0 aromatic rings. The van der Waals surface area contributed by atoms with Gasteiger partial charge in [-0.05, 0) is 57.4 Å². The number of carbonyl (C=O) groups excluding carboxylic acids is 2. The first-order valence-electron chi connectivity index (χ1n) is 10.8. The van der Waals surface area contributed by atoms with E-state index in [9.17, 15) is 9.59 Å². The summed E-state index contributed by atoms with van der Waals surface area (Å²) in [7, 11) is 0. The van der Waals surface area contributed by atoms with Crippen LogP contribution >= 0.6 is 0 Å². The summed E-state index contributed by atoms with van der Waals surface area (Å²) in [6.45, 7) is 5.24. The second kappa shape index (κ2) is 7.77. The Bertz CT molecular complexity index is 484. The highest BCUT2D eigenvalue weighted by Gasteiger charge is 2.44. The molecule has 1 saturated heterocycles. The molecule has 4 fully saturated rings. The van der Waals surface area contributed by atoms with Crippen molar-refractivity contribution < 1.29 is 9.59 Å². The molecule has 0 spiro atoms. The quantitative estimate of drug-likeness (QED) is 0.788. The van der Waals surface area contributed by atoms with Crippen LogP contribution in [0.4, 0.5) is 0 Å².